The SMILES string of the molecule is Cc1ccc(-c2ccc(OCc3nn(C)cc3N3CCOCC3)cc2)nc1. The van der Waals surface area contributed by atoms with Crippen LogP contribution in [-0.4, -0.2) is 41.1 Å². The predicted molar refractivity (Wildman–Crippen MR) is 105 cm³/mol. The second-order valence-corrected chi connectivity index (χ2v) is 6.77. The molecule has 0 saturated carbocycles. The molecule has 0 bridgehead atoms. The van der Waals surface area contributed by atoms with E-state index >= 15 is 0 Å². The van der Waals surface area contributed by atoms with Gasteiger partial charge < -0.3 is 14.4 Å². The van der Waals surface area contributed by atoms with Crippen molar-refractivity contribution in [1.82, 2.24) is 14.8 Å². The van der Waals surface area contributed by atoms with Gasteiger partial charge in [-0.3, -0.25) is 9.67 Å². The lowest BCUT2D eigenvalue weighted by Crippen LogP contribution is -2.36. The normalized spacial score (nSPS) is 14.4. The molecule has 0 aliphatic carbocycles. The molecule has 4 rings (SSSR count). The highest BCUT2D eigenvalue weighted by Gasteiger charge is 2.18. The van der Waals surface area contributed by atoms with Crippen molar-refractivity contribution >= 4 is 5.69 Å². The van der Waals surface area contributed by atoms with E-state index in [1.807, 2.05) is 55.2 Å². The molecule has 1 aromatic carbocycles. The number of ether oxygens (including phenoxy) is 2. The quantitative estimate of drug-likeness (QED) is 0.696. The van der Waals surface area contributed by atoms with Gasteiger partial charge in [-0.15, -0.1) is 0 Å². The van der Waals surface area contributed by atoms with Crippen LogP contribution in [0.5, 0.6) is 5.75 Å². The summed E-state index contributed by atoms with van der Waals surface area (Å²) in [6.45, 7) is 5.76. The van der Waals surface area contributed by atoms with Gasteiger partial charge in [0.05, 0.1) is 24.6 Å². The third-order valence-electron chi connectivity index (χ3n) is 4.67. The van der Waals surface area contributed by atoms with Crippen LogP contribution in [0.4, 0.5) is 5.69 Å². The van der Waals surface area contributed by atoms with Crippen LogP contribution in [0.3, 0.4) is 0 Å². The zero-order chi connectivity index (χ0) is 18.6. The van der Waals surface area contributed by atoms with Crippen molar-refractivity contribution in [2.45, 2.75) is 13.5 Å². The van der Waals surface area contributed by atoms with Gasteiger partial charge in [-0.2, -0.15) is 5.10 Å². The van der Waals surface area contributed by atoms with E-state index in [2.05, 4.69) is 27.2 Å². The Morgan fingerprint density at radius 1 is 1.07 bits per heavy atom. The largest absolute Gasteiger partial charge is 0.487 e. The molecule has 0 amide bonds. The summed E-state index contributed by atoms with van der Waals surface area (Å²) in [4.78, 5) is 6.78. The Morgan fingerprint density at radius 3 is 2.56 bits per heavy atom. The Labute approximate surface area is 159 Å². The summed E-state index contributed by atoms with van der Waals surface area (Å²) in [6.07, 6.45) is 3.93. The summed E-state index contributed by atoms with van der Waals surface area (Å²) >= 11 is 0. The first-order valence-electron chi connectivity index (χ1n) is 9.20. The van der Waals surface area contributed by atoms with Crippen molar-refractivity contribution in [3.63, 3.8) is 0 Å². The van der Waals surface area contributed by atoms with E-state index in [0.717, 1.165) is 60.3 Å². The summed E-state index contributed by atoms with van der Waals surface area (Å²) in [5.74, 6) is 0.824. The Balaban J connectivity index is 1.44. The number of anilines is 1. The zero-order valence-electron chi connectivity index (χ0n) is 15.8. The maximum atomic E-state index is 5.99. The Kier molecular flexibility index (Phi) is 5.07. The van der Waals surface area contributed by atoms with Gasteiger partial charge in [0.25, 0.3) is 0 Å². The smallest absolute Gasteiger partial charge is 0.134 e. The lowest BCUT2D eigenvalue weighted by atomic mass is 10.1. The highest BCUT2D eigenvalue weighted by atomic mass is 16.5. The monoisotopic (exact) mass is 364 g/mol. The van der Waals surface area contributed by atoms with Gasteiger partial charge in [-0.1, -0.05) is 6.07 Å². The fourth-order valence-electron chi connectivity index (χ4n) is 3.21. The molecule has 0 atom stereocenters. The second kappa shape index (κ2) is 7.80. The van der Waals surface area contributed by atoms with E-state index in [4.69, 9.17) is 9.47 Å². The number of pyridine rings is 1. The molecule has 3 aromatic rings. The fourth-order valence-corrected chi connectivity index (χ4v) is 3.21. The number of aryl methyl sites for hydroxylation is 2. The first-order valence-corrected chi connectivity index (χ1v) is 9.20. The molecule has 0 N–H and O–H groups in total. The zero-order valence-corrected chi connectivity index (χ0v) is 15.8. The maximum absolute atomic E-state index is 5.99. The van der Waals surface area contributed by atoms with Gasteiger partial charge in [-0.05, 0) is 42.8 Å². The minimum atomic E-state index is 0.440. The van der Waals surface area contributed by atoms with E-state index in [0.29, 0.717) is 6.61 Å². The molecule has 3 heterocycles. The van der Waals surface area contributed by atoms with Crippen LogP contribution < -0.4 is 9.64 Å². The number of nitrogens with zero attached hydrogens (tertiary/aromatic N) is 4. The number of aromatic nitrogens is 3. The van der Waals surface area contributed by atoms with Crippen molar-refractivity contribution in [2.75, 3.05) is 31.2 Å². The van der Waals surface area contributed by atoms with Gasteiger partial charge in [0.2, 0.25) is 0 Å². The standard InChI is InChI=1S/C21H24N4O2/c1-16-3-8-19(22-13-16)17-4-6-18(7-5-17)27-15-20-21(14-24(2)23-20)25-9-11-26-12-10-25/h3-8,13-14H,9-12,15H2,1-2H3. The molecule has 0 unspecified atom stereocenters. The summed E-state index contributed by atoms with van der Waals surface area (Å²) in [6, 6.07) is 12.1. The van der Waals surface area contributed by atoms with Crippen LogP contribution >= 0.6 is 0 Å². The third kappa shape index (κ3) is 4.11. The van der Waals surface area contributed by atoms with Crippen LogP contribution in [0.1, 0.15) is 11.3 Å². The average Bonchev–Trinajstić information content (AvgIpc) is 3.09. The minimum Gasteiger partial charge on any atom is -0.487 e. The van der Waals surface area contributed by atoms with E-state index in [-0.39, 0.29) is 0 Å². The van der Waals surface area contributed by atoms with Gasteiger partial charge in [0.15, 0.2) is 0 Å². The van der Waals surface area contributed by atoms with E-state index in [1.165, 1.54) is 0 Å². The van der Waals surface area contributed by atoms with E-state index in [1.54, 1.807) is 0 Å². The summed E-state index contributed by atoms with van der Waals surface area (Å²) < 4.78 is 13.3. The first kappa shape index (κ1) is 17.5. The molecule has 1 fully saturated rings. The molecule has 2 aromatic heterocycles. The van der Waals surface area contributed by atoms with Gasteiger partial charge in [0, 0.05) is 38.1 Å². The molecule has 0 spiro atoms. The molecule has 140 valence electrons. The predicted octanol–water partition coefficient (Wildman–Crippen LogP) is 3.21. The highest BCUT2D eigenvalue weighted by molar-refractivity contribution is 5.60. The maximum Gasteiger partial charge on any atom is 0.134 e. The molecule has 6 nitrogen and oxygen atoms in total. The molecule has 1 saturated heterocycles. The molecule has 1 aliphatic rings. The van der Waals surface area contributed by atoms with Crippen molar-refractivity contribution in [2.24, 2.45) is 7.05 Å². The number of morpholine rings is 1. The van der Waals surface area contributed by atoms with Crippen molar-refractivity contribution < 1.29 is 9.47 Å². The number of hydrogen-bond donors (Lipinski definition) is 0. The molecule has 0 radical (unpaired) electrons. The van der Waals surface area contributed by atoms with Crippen molar-refractivity contribution in [3.05, 3.63) is 60.0 Å². The first-order chi connectivity index (χ1) is 13.2. The second-order valence-electron chi connectivity index (χ2n) is 6.77. The van der Waals surface area contributed by atoms with Crippen LogP contribution in [0, 0.1) is 6.92 Å². The van der Waals surface area contributed by atoms with Gasteiger partial charge in [0.1, 0.15) is 18.1 Å². The lowest BCUT2D eigenvalue weighted by molar-refractivity contribution is 0.122. The van der Waals surface area contributed by atoms with Crippen LogP contribution in [-0.2, 0) is 18.4 Å². The van der Waals surface area contributed by atoms with E-state index < -0.39 is 0 Å². The van der Waals surface area contributed by atoms with Crippen molar-refractivity contribution in [1.29, 1.82) is 0 Å². The lowest BCUT2D eigenvalue weighted by Gasteiger charge is -2.28. The fraction of sp³-hybridized carbons (Fsp3) is 0.333. The summed E-state index contributed by atoms with van der Waals surface area (Å²) in [5.41, 5.74) is 5.27. The average molecular weight is 364 g/mol. The number of rotatable bonds is 5. The molecule has 27 heavy (non-hydrogen) atoms. The number of hydrogen-bond acceptors (Lipinski definition) is 5. The topological polar surface area (TPSA) is 52.4 Å². The minimum absolute atomic E-state index is 0.440. The Bertz CT molecular complexity index is 882. The number of benzene rings is 1. The molecular formula is C21H24N4O2. The van der Waals surface area contributed by atoms with Crippen LogP contribution in [0.15, 0.2) is 48.8 Å². The van der Waals surface area contributed by atoms with E-state index in [9.17, 15) is 0 Å². The molecule has 1 aliphatic heterocycles. The molecular weight excluding hydrogens is 340 g/mol. The van der Waals surface area contributed by atoms with Gasteiger partial charge in [-0.25, -0.2) is 0 Å². The van der Waals surface area contributed by atoms with Gasteiger partial charge >= 0.3 is 0 Å². The Morgan fingerprint density at radius 2 is 1.85 bits per heavy atom. The van der Waals surface area contributed by atoms with Crippen LogP contribution in [0.25, 0.3) is 11.3 Å². The van der Waals surface area contributed by atoms with Crippen LogP contribution in [0.2, 0.25) is 0 Å². The van der Waals surface area contributed by atoms with Crippen molar-refractivity contribution in [3.8, 4) is 17.0 Å². The summed E-state index contributed by atoms with van der Waals surface area (Å²) in [7, 11) is 1.94. The molecule has 6 heteroatoms. The highest BCUT2D eigenvalue weighted by Crippen LogP contribution is 2.24. The third-order valence-corrected chi connectivity index (χ3v) is 4.67. The Hall–Kier alpha value is -2.86. The summed E-state index contributed by atoms with van der Waals surface area (Å²) in [5, 5.41) is 4.57.